The molecule has 2 heterocycles. The lowest BCUT2D eigenvalue weighted by Gasteiger charge is -2.36. The Morgan fingerprint density at radius 1 is 1.22 bits per heavy atom. The van der Waals surface area contributed by atoms with E-state index in [0.29, 0.717) is 0 Å². The van der Waals surface area contributed by atoms with Crippen LogP contribution >= 0.6 is 7.75 Å². The van der Waals surface area contributed by atoms with Crippen LogP contribution in [0, 0.1) is 0 Å². The first-order valence-corrected chi connectivity index (χ1v) is 14.9. The van der Waals surface area contributed by atoms with Gasteiger partial charge in [-0.2, -0.15) is 5.09 Å². The summed E-state index contributed by atoms with van der Waals surface area (Å²) >= 11 is 0. The topological polar surface area (TPSA) is 178 Å². The van der Waals surface area contributed by atoms with E-state index in [-0.39, 0.29) is 11.9 Å². The molecule has 4 N–H and O–H groups in total. The standard InChI is InChI=1S/C26H35FN3O10P/c1-17(22(32)38-18-9-5-3-6-10-18)29-41(36,40-19-11-7-4-8-12-19)37-15-20-26(35,16-27)25(2,34)23(39-20)30-14-13-21(31)28-24(30)33/h4,7-8,11-14,17-18,20,23,34-35H,3,5-6,9-10,15-16H2,1-2H3,(H,29,36)(H,28,31,33)/t17?,20-,23-,25+,26-,41?/m1/s1. The number of para-hydroxylation sites is 1. The molecule has 1 saturated heterocycles. The van der Waals surface area contributed by atoms with Crippen molar-refractivity contribution in [3.8, 4) is 5.75 Å². The fourth-order valence-corrected chi connectivity index (χ4v) is 6.39. The number of ether oxygens (including phenoxy) is 2. The Bertz CT molecular complexity index is 1360. The molecular formula is C26H35FN3O10P. The Morgan fingerprint density at radius 3 is 2.54 bits per heavy atom. The van der Waals surface area contributed by atoms with Crippen molar-refractivity contribution in [2.45, 2.75) is 81.6 Å². The lowest BCUT2D eigenvalue weighted by Crippen LogP contribution is -2.59. The van der Waals surface area contributed by atoms with Crippen molar-refractivity contribution in [3.05, 3.63) is 63.4 Å². The van der Waals surface area contributed by atoms with Gasteiger partial charge in [0.1, 0.15) is 36.3 Å². The number of rotatable bonds is 11. The molecule has 2 aromatic rings. The van der Waals surface area contributed by atoms with Gasteiger partial charge in [0.15, 0.2) is 11.8 Å². The average Bonchev–Trinajstić information content (AvgIpc) is 3.13. The van der Waals surface area contributed by atoms with Crippen LogP contribution in [-0.2, 0) is 23.4 Å². The SMILES string of the molecule is CC(NP(=O)(OC[C@H]1O[C@@H](n2ccc(=O)[nH]c2=O)[C@](C)(O)[C@@]1(O)CF)Oc1ccccc1)C(=O)OC1CCCCC1. The first-order valence-electron chi connectivity index (χ1n) is 13.3. The summed E-state index contributed by atoms with van der Waals surface area (Å²) in [5.74, 6) is -0.552. The van der Waals surface area contributed by atoms with Gasteiger partial charge in [-0.15, -0.1) is 0 Å². The van der Waals surface area contributed by atoms with Gasteiger partial charge in [0.25, 0.3) is 5.56 Å². The number of nitrogens with one attached hydrogen (secondary N) is 2. The molecule has 2 fully saturated rings. The molecule has 2 unspecified atom stereocenters. The van der Waals surface area contributed by atoms with Gasteiger partial charge in [-0.05, 0) is 51.7 Å². The third kappa shape index (κ3) is 6.79. The highest BCUT2D eigenvalue weighted by Crippen LogP contribution is 2.49. The molecule has 0 amide bonds. The molecule has 6 atom stereocenters. The summed E-state index contributed by atoms with van der Waals surface area (Å²) in [7, 11) is -4.44. The zero-order valence-corrected chi connectivity index (χ0v) is 23.6. The Balaban J connectivity index is 1.55. The van der Waals surface area contributed by atoms with E-state index in [1.807, 2.05) is 4.98 Å². The molecule has 15 heteroatoms. The molecule has 0 radical (unpaired) electrons. The Labute approximate surface area is 235 Å². The number of aromatic nitrogens is 2. The van der Waals surface area contributed by atoms with Crippen LogP contribution < -0.4 is 20.9 Å². The molecule has 0 spiro atoms. The van der Waals surface area contributed by atoms with Crippen molar-refractivity contribution in [1.29, 1.82) is 0 Å². The number of halogens is 1. The van der Waals surface area contributed by atoms with Crippen LogP contribution in [0.3, 0.4) is 0 Å². The summed E-state index contributed by atoms with van der Waals surface area (Å²) in [6.07, 6.45) is 1.83. The number of carbonyl (C=O) groups is 1. The average molecular weight is 600 g/mol. The van der Waals surface area contributed by atoms with Crippen LogP contribution in [-0.4, -0.2) is 68.5 Å². The molecule has 1 saturated carbocycles. The number of nitrogens with zero attached hydrogens (tertiary/aromatic N) is 1. The smallest absolute Gasteiger partial charge is 0.459 e. The lowest BCUT2D eigenvalue weighted by molar-refractivity contribution is -0.153. The maximum Gasteiger partial charge on any atom is 0.459 e. The van der Waals surface area contributed by atoms with Crippen molar-refractivity contribution in [1.82, 2.24) is 14.6 Å². The molecule has 1 aliphatic carbocycles. The fourth-order valence-electron chi connectivity index (χ4n) is 4.90. The maximum absolute atomic E-state index is 14.3. The molecule has 2 aliphatic rings. The maximum atomic E-state index is 14.3. The number of aromatic amines is 1. The number of aliphatic hydroxyl groups is 2. The number of carbonyl (C=O) groups excluding carboxylic acids is 1. The number of esters is 1. The Morgan fingerprint density at radius 2 is 1.90 bits per heavy atom. The molecular weight excluding hydrogens is 564 g/mol. The molecule has 4 rings (SSSR count). The summed E-state index contributed by atoms with van der Waals surface area (Å²) in [6.45, 7) is 0.135. The Hall–Kier alpha value is -2.87. The number of hydrogen-bond donors (Lipinski definition) is 4. The minimum Gasteiger partial charge on any atom is -0.461 e. The van der Waals surface area contributed by atoms with Gasteiger partial charge in [-0.1, -0.05) is 24.6 Å². The van der Waals surface area contributed by atoms with E-state index in [1.54, 1.807) is 18.2 Å². The molecule has 13 nitrogen and oxygen atoms in total. The Kier molecular flexibility index (Phi) is 9.52. The van der Waals surface area contributed by atoms with Gasteiger partial charge in [0.05, 0.1) is 6.61 Å². The van der Waals surface area contributed by atoms with Crippen molar-refractivity contribution >= 4 is 13.7 Å². The van der Waals surface area contributed by atoms with Crippen molar-refractivity contribution in [2.75, 3.05) is 13.3 Å². The molecule has 0 bridgehead atoms. The summed E-state index contributed by atoms with van der Waals surface area (Å²) in [5.41, 5.74) is -6.75. The van der Waals surface area contributed by atoms with E-state index in [1.165, 1.54) is 19.1 Å². The second-order valence-electron chi connectivity index (χ2n) is 10.4. The van der Waals surface area contributed by atoms with Crippen LogP contribution in [0.25, 0.3) is 0 Å². The first-order chi connectivity index (χ1) is 19.4. The van der Waals surface area contributed by atoms with Gasteiger partial charge >= 0.3 is 19.4 Å². The minimum atomic E-state index is -4.44. The first kappa shape index (κ1) is 31.1. The van der Waals surface area contributed by atoms with Gasteiger partial charge in [0, 0.05) is 12.3 Å². The summed E-state index contributed by atoms with van der Waals surface area (Å²) in [5, 5.41) is 24.8. The van der Waals surface area contributed by atoms with Crippen LogP contribution in [0.5, 0.6) is 5.75 Å². The van der Waals surface area contributed by atoms with Gasteiger partial charge < -0.3 is 24.2 Å². The normalized spacial score (nSPS) is 29.0. The van der Waals surface area contributed by atoms with E-state index in [4.69, 9.17) is 18.5 Å². The highest BCUT2D eigenvalue weighted by molar-refractivity contribution is 7.52. The second kappa shape index (κ2) is 12.6. The molecule has 226 valence electrons. The fraction of sp³-hybridized carbons (Fsp3) is 0.577. The number of H-pyrrole nitrogens is 1. The zero-order valence-electron chi connectivity index (χ0n) is 22.7. The third-order valence-electron chi connectivity index (χ3n) is 7.40. The number of benzene rings is 1. The largest absolute Gasteiger partial charge is 0.461 e. The van der Waals surface area contributed by atoms with E-state index in [9.17, 15) is 33.6 Å². The number of hydrogen-bond acceptors (Lipinski definition) is 10. The predicted octanol–water partition coefficient (Wildman–Crippen LogP) is 1.94. The van der Waals surface area contributed by atoms with Crippen molar-refractivity contribution in [3.63, 3.8) is 0 Å². The highest BCUT2D eigenvalue weighted by atomic mass is 31.2. The summed E-state index contributed by atoms with van der Waals surface area (Å²) in [6, 6.07) is 7.76. The van der Waals surface area contributed by atoms with Crippen LogP contribution in [0.1, 0.15) is 52.2 Å². The van der Waals surface area contributed by atoms with E-state index in [2.05, 4.69) is 5.09 Å². The quantitative estimate of drug-likeness (QED) is 0.219. The van der Waals surface area contributed by atoms with Crippen molar-refractivity contribution in [2.24, 2.45) is 0 Å². The van der Waals surface area contributed by atoms with Crippen LogP contribution in [0.2, 0.25) is 0 Å². The van der Waals surface area contributed by atoms with Gasteiger partial charge in [-0.25, -0.2) is 13.8 Å². The molecule has 41 heavy (non-hydrogen) atoms. The van der Waals surface area contributed by atoms with E-state index in [0.717, 1.165) is 55.9 Å². The highest BCUT2D eigenvalue weighted by Gasteiger charge is 2.65. The third-order valence-corrected chi connectivity index (χ3v) is 9.04. The summed E-state index contributed by atoms with van der Waals surface area (Å²) < 4.78 is 51.4. The van der Waals surface area contributed by atoms with Crippen LogP contribution in [0.15, 0.2) is 52.2 Å². The molecule has 1 aromatic heterocycles. The van der Waals surface area contributed by atoms with Gasteiger partial charge in [0.2, 0.25) is 0 Å². The van der Waals surface area contributed by atoms with E-state index >= 15 is 0 Å². The van der Waals surface area contributed by atoms with Gasteiger partial charge in [-0.3, -0.25) is 23.7 Å². The van der Waals surface area contributed by atoms with Crippen molar-refractivity contribution < 1.29 is 42.5 Å². The van der Waals surface area contributed by atoms with Crippen LogP contribution in [0.4, 0.5) is 4.39 Å². The lowest BCUT2D eigenvalue weighted by atomic mass is 9.82. The second-order valence-corrected chi connectivity index (χ2v) is 12.1. The predicted molar refractivity (Wildman–Crippen MR) is 143 cm³/mol. The number of alkyl halides is 1. The minimum absolute atomic E-state index is 0.119. The molecule has 1 aromatic carbocycles. The monoisotopic (exact) mass is 599 g/mol. The molecule has 1 aliphatic heterocycles. The van der Waals surface area contributed by atoms with E-state index < -0.39 is 67.8 Å². The zero-order chi connectivity index (χ0) is 29.8. The summed E-state index contributed by atoms with van der Waals surface area (Å²) in [4.78, 5) is 38.6.